The Labute approximate surface area is 94.9 Å². The van der Waals surface area contributed by atoms with Gasteiger partial charge in [0.1, 0.15) is 5.82 Å². The van der Waals surface area contributed by atoms with E-state index in [0.29, 0.717) is 0 Å². The van der Waals surface area contributed by atoms with Gasteiger partial charge in [0.2, 0.25) is 5.78 Å². The maximum atomic E-state index is 4.62. The van der Waals surface area contributed by atoms with Gasteiger partial charge in [-0.3, -0.25) is 4.40 Å². The number of aryl methyl sites for hydroxylation is 1. The van der Waals surface area contributed by atoms with Crippen molar-refractivity contribution in [1.82, 2.24) is 14.4 Å². The Balaban J connectivity index is 2.23. The van der Waals surface area contributed by atoms with Gasteiger partial charge in [0, 0.05) is 25.5 Å². The molecule has 0 saturated carbocycles. The van der Waals surface area contributed by atoms with E-state index in [1.165, 1.54) is 24.4 Å². The summed E-state index contributed by atoms with van der Waals surface area (Å²) in [6.07, 6.45) is 7.43. The van der Waals surface area contributed by atoms with E-state index in [1.807, 2.05) is 6.07 Å². The molecule has 0 N–H and O–H groups in total. The Morgan fingerprint density at radius 2 is 2.31 bits per heavy atom. The Hall–Kier alpha value is -1.58. The molecular formula is C12H16N4. The molecule has 0 amide bonds. The van der Waals surface area contributed by atoms with E-state index in [4.69, 9.17) is 0 Å². The maximum Gasteiger partial charge on any atom is 0.235 e. The van der Waals surface area contributed by atoms with Crippen LogP contribution in [0.25, 0.3) is 5.78 Å². The number of nitrogens with zero attached hydrogens (tertiary/aromatic N) is 4. The average molecular weight is 216 g/mol. The van der Waals surface area contributed by atoms with E-state index < -0.39 is 0 Å². The van der Waals surface area contributed by atoms with E-state index in [1.54, 1.807) is 6.20 Å². The minimum Gasteiger partial charge on any atom is -0.356 e. The van der Waals surface area contributed by atoms with Crippen molar-refractivity contribution in [2.45, 2.75) is 26.2 Å². The van der Waals surface area contributed by atoms with Crippen LogP contribution in [0.2, 0.25) is 0 Å². The van der Waals surface area contributed by atoms with E-state index in [-0.39, 0.29) is 0 Å². The molecule has 1 aliphatic rings. The summed E-state index contributed by atoms with van der Waals surface area (Å²) in [4.78, 5) is 11.3. The second kappa shape index (κ2) is 3.77. The van der Waals surface area contributed by atoms with Crippen LogP contribution in [0, 0.1) is 0 Å². The summed E-state index contributed by atoms with van der Waals surface area (Å²) >= 11 is 0. The molecule has 2 aromatic rings. The lowest BCUT2D eigenvalue weighted by atomic mass is 10.2. The molecule has 2 aromatic heterocycles. The van der Waals surface area contributed by atoms with Gasteiger partial charge in [0.05, 0.1) is 5.69 Å². The summed E-state index contributed by atoms with van der Waals surface area (Å²) in [5.41, 5.74) is 1.21. The molecule has 4 heteroatoms. The summed E-state index contributed by atoms with van der Waals surface area (Å²) in [6, 6.07) is 1.97. The van der Waals surface area contributed by atoms with Crippen molar-refractivity contribution in [2.75, 3.05) is 18.0 Å². The molecule has 3 rings (SSSR count). The number of rotatable bonds is 1. The smallest absolute Gasteiger partial charge is 0.235 e. The number of imidazole rings is 1. The van der Waals surface area contributed by atoms with Gasteiger partial charge in [0.25, 0.3) is 0 Å². The lowest BCUT2D eigenvalue weighted by Gasteiger charge is -2.21. The first-order chi connectivity index (χ1) is 7.90. The molecule has 16 heavy (non-hydrogen) atoms. The van der Waals surface area contributed by atoms with Crippen LogP contribution in [0.3, 0.4) is 0 Å². The Bertz CT molecular complexity index is 503. The van der Waals surface area contributed by atoms with Crippen LogP contribution in [0.1, 0.15) is 25.5 Å². The Kier molecular flexibility index (Phi) is 2.27. The van der Waals surface area contributed by atoms with Gasteiger partial charge in [-0.05, 0) is 32.3 Å². The van der Waals surface area contributed by atoms with Gasteiger partial charge >= 0.3 is 0 Å². The van der Waals surface area contributed by atoms with Crippen molar-refractivity contribution in [2.24, 2.45) is 0 Å². The quantitative estimate of drug-likeness (QED) is 0.730. The molecule has 0 aromatic carbocycles. The third-order valence-corrected chi connectivity index (χ3v) is 3.22. The minimum atomic E-state index is 0.827. The highest BCUT2D eigenvalue weighted by Gasteiger charge is 2.20. The zero-order valence-electron chi connectivity index (χ0n) is 9.56. The fourth-order valence-corrected chi connectivity index (χ4v) is 2.43. The molecule has 3 heterocycles. The molecule has 0 unspecified atom stereocenters. The van der Waals surface area contributed by atoms with Crippen molar-refractivity contribution in [3.05, 3.63) is 24.2 Å². The van der Waals surface area contributed by atoms with Crippen LogP contribution in [0.5, 0.6) is 0 Å². The summed E-state index contributed by atoms with van der Waals surface area (Å²) < 4.78 is 2.12. The number of hydrogen-bond donors (Lipinski definition) is 0. The molecule has 0 fully saturated rings. The molecule has 1 aliphatic heterocycles. The predicted octanol–water partition coefficient (Wildman–Crippen LogP) is 1.89. The van der Waals surface area contributed by atoms with Crippen molar-refractivity contribution >= 4 is 11.6 Å². The molecule has 0 radical (unpaired) electrons. The fourth-order valence-electron chi connectivity index (χ4n) is 2.43. The van der Waals surface area contributed by atoms with Crippen molar-refractivity contribution in [1.29, 1.82) is 0 Å². The van der Waals surface area contributed by atoms with Gasteiger partial charge in [-0.1, -0.05) is 0 Å². The summed E-state index contributed by atoms with van der Waals surface area (Å²) in [5.74, 6) is 2.08. The average Bonchev–Trinajstić information content (AvgIpc) is 2.56. The van der Waals surface area contributed by atoms with Gasteiger partial charge in [-0.2, -0.15) is 0 Å². The topological polar surface area (TPSA) is 33.4 Å². The SMILES string of the molecule is CCN1CCCCc2nc3ncccn3c21. The van der Waals surface area contributed by atoms with Gasteiger partial charge < -0.3 is 4.90 Å². The standard InChI is InChI=1S/C12H16N4/c1-2-15-8-4-3-6-10-11(15)16-9-5-7-13-12(16)14-10/h5,7,9H,2-4,6,8H2,1H3. The lowest BCUT2D eigenvalue weighted by Crippen LogP contribution is -2.24. The van der Waals surface area contributed by atoms with E-state index in [0.717, 1.165) is 25.3 Å². The van der Waals surface area contributed by atoms with Crippen LogP contribution >= 0.6 is 0 Å². The molecule has 0 spiro atoms. The number of fused-ring (bicyclic) bond motifs is 3. The zero-order chi connectivity index (χ0) is 11.0. The van der Waals surface area contributed by atoms with Crippen LogP contribution in [0.4, 0.5) is 5.82 Å². The highest BCUT2D eigenvalue weighted by molar-refractivity contribution is 5.54. The van der Waals surface area contributed by atoms with Crippen molar-refractivity contribution in [3.8, 4) is 0 Å². The largest absolute Gasteiger partial charge is 0.356 e. The second-order valence-electron chi connectivity index (χ2n) is 4.21. The van der Waals surface area contributed by atoms with Crippen LogP contribution in [0.15, 0.2) is 18.5 Å². The second-order valence-corrected chi connectivity index (χ2v) is 4.21. The first kappa shape index (κ1) is 9.63. The normalized spacial score (nSPS) is 16.2. The first-order valence-electron chi connectivity index (χ1n) is 5.97. The maximum absolute atomic E-state index is 4.62. The van der Waals surface area contributed by atoms with Crippen LogP contribution in [-0.4, -0.2) is 27.5 Å². The third kappa shape index (κ3) is 1.37. The molecule has 0 saturated heterocycles. The van der Waals surface area contributed by atoms with Crippen molar-refractivity contribution < 1.29 is 0 Å². The number of anilines is 1. The molecule has 0 bridgehead atoms. The number of hydrogen-bond acceptors (Lipinski definition) is 3. The molecule has 84 valence electrons. The van der Waals surface area contributed by atoms with Gasteiger partial charge in [-0.25, -0.2) is 9.97 Å². The molecular weight excluding hydrogens is 200 g/mol. The predicted molar refractivity (Wildman–Crippen MR) is 63.8 cm³/mol. The summed E-state index contributed by atoms with van der Waals surface area (Å²) in [6.45, 7) is 4.37. The third-order valence-electron chi connectivity index (χ3n) is 3.22. The monoisotopic (exact) mass is 216 g/mol. The summed E-state index contributed by atoms with van der Waals surface area (Å²) in [7, 11) is 0. The Morgan fingerprint density at radius 1 is 1.38 bits per heavy atom. The van der Waals surface area contributed by atoms with Gasteiger partial charge in [-0.15, -0.1) is 0 Å². The van der Waals surface area contributed by atoms with Crippen LogP contribution < -0.4 is 4.90 Å². The highest BCUT2D eigenvalue weighted by atomic mass is 15.3. The molecule has 0 aliphatic carbocycles. The highest BCUT2D eigenvalue weighted by Crippen LogP contribution is 2.26. The van der Waals surface area contributed by atoms with E-state index in [2.05, 4.69) is 32.4 Å². The van der Waals surface area contributed by atoms with Crippen LogP contribution in [-0.2, 0) is 6.42 Å². The van der Waals surface area contributed by atoms with E-state index in [9.17, 15) is 0 Å². The zero-order valence-corrected chi connectivity index (χ0v) is 9.56. The van der Waals surface area contributed by atoms with E-state index >= 15 is 0 Å². The Morgan fingerprint density at radius 3 is 3.19 bits per heavy atom. The van der Waals surface area contributed by atoms with Gasteiger partial charge in [0.15, 0.2) is 0 Å². The minimum absolute atomic E-state index is 0.827. The first-order valence-corrected chi connectivity index (χ1v) is 5.97. The molecule has 0 atom stereocenters. The summed E-state index contributed by atoms with van der Waals surface area (Å²) in [5, 5.41) is 0. The number of aromatic nitrogens is 3. The fraction of sp³-hybridized carbons (Fsp3) is 0.500. The van der Waals surface area contributed by atoms with Crippen molar-refractivity contribution in [3.63, 3.8) is 0 Å². The lowest BCUT2D eigenvalue weighted by molar-refractivity contribution is 0.716. The molecule has 4 nitrogen and oxygen atoms in total.